The number of aromatic nitrogens is 1. The largest absolute Gasteiger partial charge is 0.465 e. The lowest BCUT2D eigenvalue weighted by molar-refractivity contribution is -0.136. The van der Waals surface area contributed by atoms with Gasteiger partial charge < -0.3 is 10.1 Å². The molecule has 24 heavy (non-hydrogen) atoms. The van der Waals surface area contributed by atoms with Gasteiger partial charge in [0.1, 0.15) is 0 Å². The van der Waals surface area contributed by atoms with Crippen molar-refractivity contribution < 1.29 is 19.1 Å². The summed E-state index contributed by atoms with van der Waals surface area (Å²) in [7, 11) is 1.27. The fraction of sp³-hybridized carbons (Fsp3) is 0.0625. The van der Waals surface area contributed by atoms with Crippen LogP contribution in [0.3, 0.4) is 0 Å². The van der Waals surface area contributed by atoms with Crippen LogP contribution in [0.1, 0.15) is 15.9 Å². The van der Waals surface area contributed by atoms with Crippen molar-refractivity contribution in [2.45, 2.75) is 0 Å². The van der Waals surface area contributed by atoms with Crippen molar-refractivity contribution in [3.63, 3.8) is 0 Å². The van der Waals surface area contributed by atoms with Crippen molar-refractivity contribution in [3.05, 3.63) is 59.9 Å². The molecule has 2 aromatic rings. The molecule has 0 atom stereocenters. The third-order valence-corrected chi connectivity index (χ3v) is 2.83. The van der Waals surface area contributed by atoms with Crippen LogP contribution in [0.25, 0.3) is 0 Å². The lowest BCUT2D eigenvalue weighted by Crippen LogP contribution is -2.32. The number of ether oxygens (including phenoxy) is 1. The van der Waals surface area contributed by atoms with Gasteiger partial charge >= 0.3 is 17.8 Å². The molecule has 0 bridgehead atoms. The van der Waals surface area contributed by atoms with Crippen molar-refractivity contribution in [3.8, 4) is 0 Å². The number of pyridine rings is 1. The zero-order chi connectivity index (χ0) is 17.4. The first-order valence-corrected chi connectivity index (χ1v) is 6.83. The molecule has 0 spiro atoms. The molecule has 0 fully saturated rings. The smallest absolute Gasteiger partial charge is 0.337 e. The molecule has 0 saturated heterocycles. The molecule has 0 radical (unpaired) electrons. The normalized spacial score (nSPS) is 10.2. The van der Waals surface area contributed by atoms with Crippen LogP contribution in [-0.4, -0.2) is 36.1 Å². The van der Waals surface area contributed by atoms with Crippen LogP contribution >= 0.6 is 0 Å². The number of rotatable bonds is 4. The number of esters is 1. The SMILES string of the molecule is COC(=O)c1ccc(NC(=O)C(=O)N/N=C/c2cccnc2)cc1. The van der Waals surface area contributed by atoms with E-state index in [0.717, 1.165) is 0 Å². The Bertz CT molecular complexity index is 757. The number of hydrazone groups is 1. The highest BCUT2D eigenvalue weighted by Gasteiger charge is 2.13. The number of nitrogens with one attached hydrogen (secondary N) is 2. The van der Waals surface area contributed by atoms with Crippen molar-refractivity contribution >= 4 is 29.7 Å². The van der Waals surface area contributed by atoms with Gasteiger partial charge in [-0.25, -0.2) is 10.2 Å². The fourth-order valence-electron chi connectivity index (χ4n) is 1.66. The Hall–Kier alpha value is -3.55. The standard InChI is InChI=1S/C16H14N4O4/c1-24-16(23)12-4-6-13(7-5-12)19-14(21)15(22)20-18-10-11-3-2-8-17-9-11/h2-10H,1H3,(H,19,21)(H,20,22)/b18-10+. The molecule has 8 nitrogen and oxygen atoms in total. The van der Waals surface area contributed by atoms with E-state index in [-0.39, 0.29) is 0 Å². The average molecular weight is 326 g/mol. The quantitative estimate of drug-likeness (QED) is 0.376. The van der Waals surface area contributed by atoms with Gasteiger partial charge in [0.25, 0.3) is 0 Å². The Morgan fingerprint density at radius 2 is 1.88 bits per heavy atom. The number of hydrogen-bond donors (Lipinski definition) is 2. The molecule has 2 N–H and O–H groups in total. The van der Waals surface area contributed by atoms with Crippen LogP contribution in [0.2, 0.25) is 0 Å². The van der Waals surface area contributed by atoms with E-state index in [2.05, 4.69) is 25.6 Å². The number of carbonyl (C=O) groups excluding carboxylic acids is 3. The predicted octanol–water partition coefficient (Wildman–Crippen LogP) is 0.957. The summed E-state index contributed by atoms with van der Waals surface area (Å²) in [6.45, 7) is 0. The molecule has 1 aromatic carbocycles. The molecular formula is C16H14N4O4. The summed E-state index contributed by atoms with van der Waals surface area (Å²) >= 11 is 0. The minimum absolute atomic E-state index is 0.334. The highest BCUT2D eigenvalue weighted by molar-refractivity contribution is 6.39. The highest BCUT2D eigenvalue weighted by atomic mass is 16.5. The topological polar surface area (TPSA) is 110 Å². The number of methoxy groups -OCH3 is 1. The molecule has 0 aliphatic heterocycles. The van der Waals surface area contributed by atoms with E-state index in [4.69, 9.17) is 0 Å². The fourth-order valence-corrected chi connectivity index (χ4v) is 1.66. The molecule has 2 rings (SSSR count). The Balaban J connectivity index is 1.88. The molecule has 1 heterocycles. The maximum atomic E-state index is 11.7. The Morgan fingerprint density at radius 1 is 1.12 bits per heavy atom. The summed E-state index contributed by atoms with van der Waals surface area (Å²) in [5.74, 6) is -2.30. The van der Waals surface area contributed by atoms with Gasteiger partial charge in [0, 0.05) is 23.6 Å². The lowest BCUT2D eigenvalue weighted by Gasteiger charge is -2.05. The van der Waals surface area contributed by atoms with Crippen LogP contribution in [0, 0.1) is 0 Å². The molecule has 2 amide bonds. The van der Waals surface area contributed by atoms with Gasteiger partial charge in [0.15, 0.2) is 0 Å². The number of amides is 2. The van der Waals surface area contributed by atoms with E-state index in [9.17, 15) is 14.4 Å². The molecular weight excluding hydrogens is 312 g/mol. The van der Waals surface area contributed by atoms with Crippen LogP contribution in [0.4, 0.5) is 5.69 Å². The van der Waals surface area contributed by atoms with E-state index in [1.807, 2.05) is 0 Å². The number of nitrogens with zero attached hydrogens (tertiary/aromatic N) is 2. The van der Waals surface area contributed by atoms with Crippen LogP contribution in [-0.2, 0) is 14.3 Å². The summed E-state index contributed by atoms with van der Waals surface area (Å²) < 4.78 is 4.57. The summed E-state index contributed by atoms with van der Waals surface area (Å²) in [4.78, 5) is 38.5. The molecule has 0 aliphatic rings. The summed E-state index contributed by atoms with van der Waals surface area (Å²) in [6, 6.07) is 9.37. The van der Waals surface area contributed by atoms with E-state index < -0.39 is 17.8 Å². The van der Waals surface area contributed by atoms with Gasteiger partial charge in [-0.2, -0.15) is 5.10 Å². The van der Waals surface area contributed by atoms with E-state index in [1.54, 1.807) is 24.5 Å². The Kier molecular flexibility index (Phi) is 5.73. The lowest BCUT2D eigenvalue weighted by atomic mass is 10.2. The van der Waals surface area contributed by atoms with Gasteiger partial charge in [0.2, 0.25) is 0 Å². The van der Waals surface area contributed by atoms with Crippen molar-refractivity contribution in [1.82, 2.24) is 10.4 Å². The van der Waals surface area contributed by atoms with Crippen LogP contribution in [0.15, 0.2) is 53.9 Å². The highest BCUT2D eigenvalue weighted by Crippen LogP contribution is 2.10. The minimum atomic E-state index is -0.924. The molecule has 122 valence electrons. The maximum absolute atomic E-state index is 11.7. The molecule has 1 aromatic heterocycles. The molecule has 0 unspecified atom stereocenters. The van der Waals surface area contributed by atoms with E-state index in [0.29, 0.717) is 16.8 Å². The van der Waals surface area contributed by atoms with Crippen molar-refractivity contribution in [2.24, 2.45) is 5.10 Å². The third-order valence-electron chi connectivity index (χ3n) is 2.83. The Labute approximate surface area is 137 Å². The number of anilines is 1. The Morgan fingerprint density at radius 3 is 2.50 bits per heavy atom. The average Bonchev–Trinajstić information content (AvgIpc) is 2.62. The number of hydrogen-bond acceptors (Lipinski definition) is 6. The van der Waals surface area contributed by atoms with Crippen LogP contribution in [0.5, 0.6) is 0 Å². The first-order valence-electron chi connectivity index (χ1n) is 6.83. The zero-order valence-electron chi connectivity index (χ0n) is 12.7. The second kappa shape index (κ2) is 8.18. The molecule has 0 aliphatic carbocycles. The predicted molar refractivity (Wildman–Crippen MR) is 86.4 cm³/mol. The zero-order valence-corrected chi connectivity index (χ0v) is 12.7. The van der Waals surface area contributed by atoms with Gasteiger partial charge in [-0.05, 0) is 30.3 Å². The third kappa shape index (κ3) is 4.73. The summed E-state index contributed by atoms with van der Waals surface area (Å²) in [6.07, 6.45) is 4.52. The second-order valence-corrected chi connectivity index (χ2v) is 4.51. The second-order valence-electron chi connectivity index (χ2n) is 4.51. The van der Waals surface area contributed by atoms with Crippen molar-refractivity contribution in [2.75, 3.05) is 12.4 Å². The maximum Gasteiger partial charge on any atom is 0.337 e. The number of benzene rings is 1. The monoisotopic (exact) mass is 326 g/mol. The van der Waals surface area contributed by atoms with Gasteiger partial charge in [-0.3, -0.25) is 14.6 Å². The van der Waals surface area contributed by atoms with E-state index in [1.165, 1.54) is 37.6 Å². The molecule has 0 saturated carbocycles. The van der Waals surface area contributed by atoms with Gasteiger partial charge in [0.05, 0.1) is 18.9 Å². The van der Waals surface area contributed by atoms with Crippen molar-refractivity contribution in [1.29, 1.82) is 0 Å². The van der Waals surface area contributed by atoms with Gasteiger partial charge in [-0.1, -0.05) is 6.07 Å². The van der Waals surface area contributed by atoms with E-state index >= 15 is 0 Å². The molecule has 8 heteroatoms. The number of carbonyl (C=O) groups is 3. The van der Waals surface area contributed by atoms with Gasteiger partial charge in [-0.15, -0.1) is 0 Å². The summed E-state index contributed by atoms with van der Waals surface area (Å²) in [5, 5.41) is 6.05. The summed E-state index contributed by atoms with van der Waals surface area (Å²) in [5.41, 5.74) is 3.48. The van der Waals surface area contributed by atoms with Crippen LogP contribution < -0.4 is 10.7 Å². The first kappa shape index (κ1) is 16.8. The minimum Gasteiger partial charge on any atom is -0.465 e. The first-order chi connectivity index (χ1) is 11.6.